The van der Waals surface area contributed by atoms with Crippen LogP contribution in [0.4, 0.5) is 0 Å². The van der Waals surface area contributed by atoms with Gasteiger partial charge in [0.25, 0.3) is 0 Å². The molecule has 1 rings (SSSR count). The SMILES string of the molecule is CSCCC(NC(=O)C(N)CCCCN)C(=O)NC(Cc1ccc(O)cc1)C(=O)NC(CCCN=C(N)N)C(=O)O. The summed E-state index contributed by atoms with van der Waals surface area (Å²) >= 11 is 1.48. The van der Waals surface area contributed by atoms with Crippen LogP contribution in [0.25, 0.3) is 0 Å². The van der Waals surface area contributed by atoms with Crippen molar-refractivity contribution in [2.45, 2.75) is 69.1 Å². The van der Waals surface area contributed by atoms with E-state index in [9.17, 15) is 29.4 Å². The number of unbranched alkanes of at least 4 members (excludes halogenated alkanes) is 1. The van der Waals surface area contributed by atoms with Crippen LogP contribution in [-0.2, 0) is 25.6 Å². The van der Waals surface area contributed by atoms with Crippen molar-refractivity contribution >= 4 is 41.4 Å². The Balaban J connectivity index is 3.08. The summed E-state index contributed by atoms with van der Waals surface area (Å²) in [4.78, 5) is 55.0. The van der Waals surface area contributed by atoms with Gasteiger partial charge >= 0.3 is 5.97 Å². The lowest BCUT2D eigenvalue weighted by atomic mass is 10.0. The number of carboxylic acids is 1. The molecule has 0 aliphatic heterocycles. The molecule has 0 bridgehead atoms. The molecule has 1 aromatic carbocycles. The number of hydrogen-bond acceptors (Lipinski definition) is 9. The van der Waals surface area contributed by atoms with Gasteiger partial charge in [0.15, 0.2) is 5.96 Å². The predicted molar refractivity (Wildman–Crippen MR) is 159 cm³/mol. The summed E-state index contributed by atoms with van der Waals surface area (Å²) in [5, 5.41) is 27.1. The van der Waals surface area contributed by atoms with Gasteiger partial charge in [0.05, 0.1) is 6.04 Å². The average Bonchev–Trinajstić information content (AvgIpc) is 2.92. The third-order valence-electron chi connectivity index (χ3n) is 6.12. The first kappa shape index (κ1) is 35.5. The summed E-state index contributed by atoms with van der Waals surface area (Å²) in [6.07, 6.45) is 4.27. The maximum atomic E-state index is 13.4. The number of phenolic OH excluding ortho intramolecular Hbond substituents is 1. The molecule has 0 saturated heterocycles. The second-order valence-corrected chi connectivity index (χ2v) is 10.5. The number of guanidine groups is 1. The van der Waals surface area contributed by atoms with Gasteiger partial charge in [-0.25, -0.2) is 4.79 Å². The molecule has 41 heavy (non-hydrogen) atoms. The minimum atomic E-state index is -1.26. The molecule has 0 aromatic heterocycles. The van der Waals surface area contributed by atoms with Crippen LogP contribution in [0.2, 0.25) is 0 Å². The van der Waals surface area contributed by atoms with Crippen molar-refractivity contribution in [3.63, 3.8) is 0 Å². The zero-order valence-electron chi connectivity index (χ0n) is 23.4. The lowest BCUT2D eigenvalue weighted by molar-refractivity contribution is -0.142. The number of nitrogens with one attached hydrogen (secondary N) is 3. The van der Waals surface area contributed by atoms with Crippen LogP contribution in [0.5, 0.6) is 5.75 Å². The van der Waals surface area contributed by atoms with E-state index < -0.39 is 47.9 Å². The molecule has 0 heterocycles. The van der Waals surface area contributed by atoms with Crippen molar-refractivity contribution in [2.24, 2.45) is 27.9 Å². The highest BCUT2D eigenvalue weighted by Crippen LogP contribution is 2.13. The van der Waals surface area contributed by atoms with Gasteiger partial charge in [0, 0.05) is 13.0 Å². The summed E-state index contributed by atoms with van der Waals surface area (Å²) in [5.74, 6) is -2.65. The second-order valence-electron chi connectivity index (χ2n) is 9.51. The Morgan fingerprint density at radius 3 is 2.07 bits per heavy atom. The van der Waals surface area contributed by atoms with E-state index in [0.29, 0.717) is 37.1 Å². The number of carbonyl (C=O) groups excluding carboxylic acids is 3. The molecule has 0 fully saturated rings. The number of carbonyl (C=O) groups is 4. The number of thioether (sulfide) groups is 1. The maximum absolute atomic E-state index is 13.4. The number of nitrogens with two attached hydrogens (primary N) is 4. The Morgan fingerprint density at radius 1 is 0.878 bits per heavy atom. The first-order valence-corrected chi connectivity index (χ1v) is 14.8. The van der Waals surface area contributed by atoms with Crippen molar-refractivity contribution in [3.8, 4) is 5.75 Å². The number of aliphatic imine (C=N–C) groups is 1. The number of nitrogens with zero attached hydrogens (tertiary/aromatic N) is 1. The van der Waals surface area contributed by atoms with Crippen molar-refractivity contribution in [1.82, 2.24) is 16.0 Å². The monoisotopic (exact) mass is 596 g/mol. The number of amides is 3. The van der Waals surface area contributed by atoms with Crippen LogP contribution >= 0.6 is 11.8 Å². The van der Waals surface area contributed by atoms with E-state index >= 15 is 0 Å². The van der Waals surface area contributed by atoms with Crippen LogP contribution in [0.1, 0.15) is 44.1 Å². The van der Waals surface area contributed by atoms with Gasteiger partial charge in [-0.15, -0.1) is 0 Å². The van der Waals surface area contributed by atoms with Crippen molar-refractivity contribution in [2.75, 3.05) is 25.1 Å². The van der Waals surface area contributed by atoms with Gasteiger partial charge < -0.3 is 49.1 Å². The third kappa shape index (κ3) is 14.6. The van der Waals surface area contributed by atoms with E-state index in [2.05, 4.69) is 20.9 Å². The van der Waals surface area contributed by atoms with Gasteiger partial charge in [-0.05, 0) is 68.4 Å². The molecule has 0 aliphatic carbocycles. The first-order chi connectivity index (χ1) is 19.5. The molecule has 4 atom stereocenters. The van der Waals surface area contributed by atoms with Gasteiger partial charge in [-0.1, -0.05) is 18.6 Å². The number of carboxylic acid groups (broad SMARTS) is 1. The molecular weight excluding hydrogens is 552 g/mol. The smallest absolute Gasteiger partial charge is 0.326 e. The van der Waals surface area contributed by atoms with Gasteiger partial charge in [-0.3, -0.25) is 19.4 Å². The van der Waals surface area contributed by atoms with Crippen LogP contribution in [-0.4, -0.2) is 89.1 Å². The number of hydrogen-bond donors (Lipinski definition) is 9. The zero-order chi connectivity index (χ0) is 30.8. The van der Waals surface area contributed by atoms with E-state index in [1.54, 1.807) is 12.1 Å². The Hall–Kier alpha value is -3.56. The van der Waals surface area contributed by atoms with Crippen LogP contribution < -0.4 is 38.9 Å². The molecule has 15 heteroatoms. The van der Waals surface area contributed by atoms with Crippen LogP contribution in [0.3, 0.4) is 0 Å². The third-order valence-corrected chi connectivity index (χ3v) is 6.76. The van der Waals surface area contributed by atoms with Gasteiger partial charge in [0.2, 0.25) is 17.7 Å². The normalized spacial score (nSPS) is 13.7. The standard InChI is InChI=1S/C26H44N8O6S/c1-41-14-11-19(32-22(36)18(28)5-2-3-12-27)23(37)34-21(15-16-7-9-17(35)10-8-16)24(38)33-20(25(39)40)6-4-13-31-26(29)30/h7-10,18-21,35H,2-6,11-15,27-28H2,1H3,(H,32,36)(H,33,38)(H,34,37)(H,39,40)(H4,29,30,31). The van der Waals surface area contributed by atoms with Crippen molar-refractivity contribution in [3.05, 3.63) is 29.8 Å². The van der Waals surface area contributed by atoms with E-state index in [0.717, 1.165) is 6.42 Å². The van der Waals surface area contributed by atoms with Crippen molar-refractivity contribution in [1.29, 1.82) is 0 Å². The number of aromatic hydroxyl groups is 1. The molecule has 13 N–H and O–H groups in total. The maximum Gasteiger partial charge on any atom is 0.326 e. The average molecular weight is 597 g/mol. The number of rotatable bonds is 20. The van der Waals surface area contributed by atoms with Gasteiger partial charge in [-0.2, -0.15) is 11.8 Å². The van der Waals surface area contributed by atoms with E-state index in [1.165, 1.54) is 23.9 Å². The van der Waals surface area contributed by atoms with Crippen LogP contribution in [0.15, 0.2) is 29.3 Å². The molecule has 0 aliphatic rings. The quantitative estimate of drug-likeness (QED) is 0.0487. The van der Waals surface area contributed by atoms with E-state index in [1.807, 2.05) is 6.26 Å². The predicted octanol–water partition coefficient (Wildman–Crippen LogP) is -1.26. The number of phenols is 1. The fourth-order valence-electron chi connectivity index (χ4n) is 3.81. The summed E-state index contributed by atoms with van der Waals surface area (Å²) in [6.45, 7) is 0.664. The molecule has 0 saturated carbocycles. The highest BCUT2D eigenvalue weighted by Gasteiger charge is 2.30. The lowest BCUT2D eigenvalue weighted by Crippen LogP contribution is -2.57. The summed E-state index contributed by atoms with van der Waals surface area (Å²) in [7, 11) is 0. The van der Waals surface area contributed by atoms with Gasteiger partial charge in [0.1, 0.15) is 23.9 Å². The minimum Gasteiger partial charge on any atom is -0.508 e. The Kier molecular flexibility index (Phi) is 16.9. The Morgan fingerprint density at radius 2 is 1.49 bits per heavy atom. The largest absolute Gasteiger partial charge is 0.508 e. The zero-order valence-corrected chi connectivity index (χ0v) is 24.2. The molecule has 230 valence electrons. The summed E-state index contributed by atoms with van der Waals surface area (Å²) in [5.41, 5.74) is 22.7. The first-order valence-electron chi connectivity index (χ1n) is 13.4. The second kappa shape index (κ2) is 19.5. The molecule has 3 amide bonds. The Bertz CT molecular complexity index is 1010. The molecule has 4 unspecified atom stereocenters. The molecule has 0 radical (unpaired) electrons. The highest BCUT2D eigenvalue weighted by molar-refractivity contribution is 7.98. The lowest BCUT2D eigenvalue weighted by Gasteiger charge is -2.25. The van der Waals surface area contributed by atoms with Crippen LogP contribution in [0, 0.1) is 0 Å². The molecular formula is C26H44N8O6S. The molecule has 0 spiro atoms. The Labute approximate surface area is 244 Å². The highest BCUT2D eigenvalue weighted by atomic mass is 32.2. The molecule has 1 aromatic rings. The van der Waals surface area contributed by atoms with E-state index in [-0.39, 0.29) is 37.5 Å². The number of benzene rings is 1. The van der Waals surface area contributed by atoms with E-state index in [4.69, 9.17) is 22.9 Å². The fourth-order valence-corrected chi connectivity index (χ4v) is 4.28. The summed E-state index contributed by atoms with van der Waals surface area (Å²) < 4.78 is 0. The topological polar surface area (TPSA) is 261 Å². The van der Waals surface area contributed by atoms with Crippen molar-refractivity contribution < 1.29 is 29.4 Å². The number of aliphatic carboxylic acids is 1. The minimum absolute atomic E-state index is 0.0000102. The fraction of sp³-hybridized carbons (Fsp3) is 0.577. The summed E-state index contributed by atoms with van der Waals surface area (Å²) in [6, 6.07) is 1.80. The molecule has 14 nitrogen and oxygen atoms in total.